The molecule has 7 heteroatoms. The maximum absolute atomic E-state index is 12.9. The third-order valence-corrected chi connectivity index (χ3v) is 6.75. The van der Waals surface area contributed by atoms with Gasteiger partial charge in [-0.05, 0) is 31.0 Å². The predicted octanol–water partition coefficient (Wildman–Crippen LogP) is 2.24. The maximum atomic E-state index is 12.9. The lowest BCUT2D eigenvalue weighted by molar-refractivity contribution is 0.0918. The Balaban J connectivity index is 1.53. The van der Waals surface area contributed by atoms with Gasteiger partial charge in [-0.3, -0.25) is 4.98 Å². The number of nitrogens with zero attached hydrogens (tertiary/aromatic N) is 3. The predicted molar refractivity (Wildman–Crippen MR) is 88.0 cm³/mol. The van der Waals surface area contributed by atoms with E-state index in [0.717, 1.165) is 12.8 Å². The van der Waals surface area contributed by atoms with Crippen LogP contribution in [0.2, 0.25) is 0 Å². The fourth-order valence-electron chi connectivity index (χ4n) is 3.78. The Labute approximate surface area is 141 Å². The highest BCUT2D eigenvalue weighted by atomic mass is 32.2. The summed E-state index contributed by atoms with van der Waals surface area (Å²) in [6.07, 6.45) is 7.88. The molecule has 2 atom stereocenters. The van der Waals surface area contributed by atoms with Crippen molar-refractivity contribution in [1.82, 2.24) is 14.3 Å². The smallest absolute Gasteiger partial charge is 0.245 e. The van der Waals surface area contributed by atoms with Crippen LogP contribution in [0, 0.1) is 0 Å². The van der Waals surface area contributed by atoms with Crippen LogP contribution in [0.15, 0.2) is 53.8 Å². The number of aromatic nitrogens is 2. The molecule has 0 aromatic carbocycles. The Hall–Kier alpha value is -1.99. The van der Waals surface area contributed by atoms with Gasteiger partial charge < -0.3 is 4.74 Å². The van der Waals surface area contributed by atoms with Gasteiger partial charge in [-0.15, -0.1) is 0 Å². The molecule has 4 rings (SSSR count). The van der Waals surface area contributed by atoms with Crippen LogP contribution in [-0.2, 0) is 10.0 Å². The number of rotatable bonds is 4. The van der Waals surface area contributed by atoms with Gasteiger partial charge in [-0.25, -0.2) is 13.4 Å². The first kappa shape index (κ1) is 15.5. The van der Waals surface area contributed by atoms with Crippen molar-refractivity contribution in [1.29, 1.82) is 0 Å². The fourth-order valence-corrected chi connectivity index (χ4v) is 5.64. The summed E-state index contributed by atoms with van der Waals surface area (Å²) >= 11 is 0. The van der Waals surface area contributed by atoms with E-state index in [1.54, 1.807) is 28.8 Å². The Morgan fingerprint density at radius 2 is 1.83 bits per heavy atom. The van der Waals surface area contributed by atoms with Crippen LogP contribution in [0.3, 0.4) is 0 Å². The van der Waals surface area contributed by atoms with Gasteiger partial charge in [0.15, 0.2) is 0 Å². The van der Waals surface area contributed by atoms with E-state index in [2.05, 4.69) is 9.97 Å². The fraction of sp³-hybridized carbons (Fsp3) is 0.412. The summed E-state index contributed by atoms with van der Waals surface area (Å²) in [7, 11) is -3.49. The zero-order valence-corrected chi connectivity index (χ0v) is 14.0. The molecule has 24 heavy (non-hydrogen) atoms. The highest BCUT2D eigenvalue weighted by molar-refractivity contribution is 7.89. The molecule has 2 aromatic rings. The normalized spacial score (nSPS) is 27.1. The standard InChI is InChI=1S/C17H19N3O3S/c21-24(22,16-4-3-8-18-12-16)20-13-6-7-14(20)11-15(10-13)23-17-5-1-2-9-19-17/h1-5,8-9,12-15H,6-7,10-11H2. The van der Waals surface area contributed by atoms with Crippen LogP contribution in [0.1, 0.15) is 25.7 Å². The van der Waals surface area contributed by atoms with Crippen molar-refractivity contribution in [2.45, 2.75) is 48.8 Å². The number of pyridine rings is 2. The summed E-state index contributed by atoms with van der Waals surface area (Å²) in [5.41, 5.74) is 0. The molecule has 6 nitrogen and oxygen atoms in total. The molecule has 4 heterocycles. The van der Waals surface area contributed by atoms with Gasteiger partial charge in [0.1, 0.15) is 11.0 Å². The Bertz CT molecular complexity index is 784. The Morgan fingerprint density at radius 1 is 1.04 bits per heavy atom. The zero-order valence-electron chi connectivity index (χ0n) is 13.2. The third kappa shape index (κ3) is 2.78. The Morgan fingerprint density at radius 3 is 2.46 bits per heavy atom. The molecule has 2 aliphatic rings. The van der Waals surface area contributed by atoms with Crippen molar-refractivity contribution in [2.75, 3.05) is 0 Å². The second-order valence-corrected chi connectivity index (χ2v) is 8.13. The average Bonchev–Trinajstić information content (AvgIpc) is 2.89. The van der Waals surface area contributed by atoms with Gasteiger partial charge in [0.2, 0.25) is 15.9 Å². The van der Waals surface area contributed by atoms with Gasteiger partial charge in [0.25, 0.3) is 0 Å². The summed E-state index contributed by atoms with van der Waals surface area (Å²) in [6, 6.07) is 8.81. The van der Waals surface area contributed by atoms with E-state index in [1.807, 2.05) is 18.2 Å². The average molecular weight is 345 g/mol. The number of ether oxygens (including phenoxy) is 1. The monoisotopic (exact) mass is 345 g/mol. The van der Waals surface area contributed by atoms with Crippen LogP contribution < -0.4 is 4.74 Å². The summed E-state index contributed by atoms with van der Waals surface area (Å²) in [5.74, 6) is 0.602. The molecule has 2 saturated heterocycles. The minimum atomic E-state index is -3.49. The van der Waals surface area contributed by atoms with Gasteiger partial charge >= 0.3 is 0 Å². The Kier molecular flexibility index (Phi) is 3.97. The largest absolute Gasteiger partial charge is 0.474 e. The van der Waals surface area contributed by atoms with Crippen molar-refractivity contribution >= 4 is 10.0 Å². The van der Waals surface area contributed by atoms with Crippen molar-refractivity contribution < 1.29 is 13.2 Å². The van der Waals surface area contributed by atoms with Gasteiger partial charge in [-0.2, -0.15) is 4.31 Å². The second-order valence-electron chi connectivity index (χ2n) is 6.29. The van der Waals surface area contributed by atoms with E-state index in [1.165, 1.54) is 6.20 Å². The van der Waals surface area contributed by atoms with E-state index in [-0.39, 0.29) is 23.1 Å². The van der Waals surface area contributed by atoms with E-state index >= 15 is 0 Å². The molecule has 0 radical (unpaired) electrons. The van der Waals surface area contributed by atoms with E-state index in [9.17, 15) is 8.42 Å². The maximum Gasteiger partial charge on any atom is 0.245 e. The SMILES string of the molecule is O=S(=O)(c1cccnc1)N1C2CCC1CC(Oc1ccccn1)C2. The third-order valence-electron chi connectivity index (χ3n) is 4.76. The minimum absolute atomic E-state index is 0.0114. The molecule has 2 bridgehead atoms. The molecule has 0 saturated carbocycles. The molecule has 0 spiro atoms. The molecule has 2 fully saturated rings. The number of piperidine rings is 1. The first-order valence-corrected chi connectivity index (χ1v) is 9.60. The van der Waals surface area contributed by atoms with Crippen molar-refractivity contribution in [2.24, 2.45) is 0 Å². The summed E-state index contributed by atoms with van der Waals surface area (Å²) in [5, 5.41) is 0. The van der Waals surface area contributed by atoms with Crippen molar-refractivity contribution in [3.8, 4) is 5.88 Å². The number of hydrogen-bond acceptors (Lipinski definition) is 5. The highest BCUT2D eigenvalue weighted by Gasteiger charge is 2.48. The molecule has 0 amide bonds. The quantitative estimate of drug-likeness (QED) is 0.850. The molecular weight excluding hydrogens is 326 g/mol. The van der Waals surface area contributed by atoms with Gasteiger partial charge in [0.05, 0.1) is 0 Å². The lowest BCUT2D eigenvalue weighted by Crippen LogP contribution is -2.49. The van der Waals surface area contributed by atoms with Crippen LogP contribution in [0.25, 0.3) is 0 Å². The lowest BCUT2D eigenvalue weighted by Gasteiger charge is -2.37. The van der Waals surface area contributed by atoms with E-state index in [0.29, 0.717) is 18.7 Å². The highest BCUT2D eigenvalue weighted by Crippen LogP contribution is 2.40. The van der Waals surface area contributed by atoms with Crippen LogP contribution >= 0.6 is 0 Å². The first-order valence-electron chi connectivity index (χ1n) is 8.16. The number of fused-ring (bicyclic) bond motifs is 2. The summed E-state index contributed by atoms with van der Waals surface area (Å²) < 4.78 is 33.5. The van der Waals surface area contributed by atoms with Crippen LogP contribution in [0.4, 0.5) is 0 Å². The first-order chi connectivity index (χ1) is 11.6. The molecular formula is C17H19N3O3S. The van der Waals surface area contributed by atoms with Crippen molar-refractivity contribution in [3.05, 3.63) is 48.9 Å². The topological polar surface area (TPSA) is 72.4 Å². The number of sulfonamides is 1. The molecule has 0 aliphatic carbocycles. The van der Waals surface area contributed by atoms with E-state index < -0.39 is 10.0 Å². The molecule has 126 valence electrons. The summed E-state index contributed by atoms with van der Waals surface area (Å²) in [6.45, 7) is 0. The van der Waals surface area contributed by atoms with E-state index in [4.69, 9.17) is 4.74 Å². The van der Waals surface area contributed by atoms with Crippen LogP contribution in [0.5, 0.6) is 5.88 Å². The van der Waals surface area contributed by atoms with Gasteiger partial charge in [-0.1, -0.05) is 6.07 Å². The molecule has 0 N–H and O–H groups in total. The number of hydrogen-bond donors (Lipinski definition) is 0. The minimum Gasteiger partial charge on any atom is -0.474 e. The second kappa shape index (κ2) is 6.14. The van der Waals surface area contributed by atoms with Gasteiger partial charge in [0, 0.05) is 49.6 Å². The molecule has 2 aromatic heterocycles. The lowest BCUT2D eigenvalue weighted by atomic mass is 10.0. The molecule has 2 unspecified atom stereocenters. The molecule has 2 aliphatic heterocycles. The van der Waals surface area contributed by atoms with Crippen molar-refractivity contribution in [3.63, 3.8) is 0 Å². The van der Waals surface area contributed by atoms with Crippen LogP contribution in [-0.4, -0.2) is 40.9 Å². The zero-order chi connectivity index (χ0) is 16.6. The summed E-state index contributed by atoms with van der Waals surface area (Å²) in [4.78, 5) is 8.41.